The van der Waals surface area contributed by atoms with Gasteiger partial charge in [-0.2, -0.15) is 0 Å². The summed E-state index contributed by atoms with van der Waals surface area (Å²) in [5.74, 6) is 0.597. The molecule has 126 valence electrons. The average molecular weight is 332 g/mol. The van der Waals surface area contributed by atoms with E-state index in [1.807, 2.05) is 73.7 Å². The fraction of sp³-hybridized carbons (Fsp3) is 0.143. The van der Waals surface area contributed by atoms with E-state index in [-0.39, 0.29) is 12.5 Å². The third kappa shape index (κ3) is 4.67. The molecule has 0 bridgehead atoms. The molecule has 1 amide bonds. The van der Waals surface area contributed by atoms with Crippen molar-refractivity contribution in [2.24, 2.45) is 0 Å². The van der Waals surface area contributed by atoms with Gasteiger partial charge < -0.3 is 9.64 Å². The molecule has 25 heavy (non-hydrogen) atoms. The maximum atomic E-state index is 12.8. The van der Waals surface area contributed by atoms with Crippen LogP contribution in [-0.4, -0.2) is 17.5 Å². The average Bonchev–Trinajstić information content (AvgIpc) is 2.67. The maximum Gasteiger partial charge on any atom is 0.265 e. The van der Waals surface area contributed by atoms with Gasteiger partial charge in [-0.05, 0) is 48.9 Å². The van der Waals surface area contributed by atoms with Crippen molar-refractivity contribution >= 4 is 11.6 Å². The molecule has 0 aliphatic heterocycles. The smallest absolute Gasteiger partial charge is 0.265 e. The minimum atomic E-state index is -0.0939. The summed E-state index contributed by atoms with van der Waals surface area (Å²) in [7, 11) is 0. The molecule has 0 radical (unpaired) electrons. The van der Waals surface area contributed by atoms with Gasteiger partial charge in [-0.25, -0.2) is 0 Å². The molecule has 0 spiro atoms. The van der Waals surface area contributed by atoms with Crippen LogP contribution in [0, 0.1) is 6.92 Å². The molecular formula is C21H20N2O2. The third-order valence-corrected chi connectivity index (χ3v) is 3.84. The van der Waals surface area contributed by atoms with Crippen molar-refractivity contribution < 1.29 is 9.53 Å². The summed E-state index contributed by atoms with van der Waals surface area (Å²) in [6.45, 7) is 2.48. The molecule has 4 nitrogen and oxygen atoms in total. The SMILES string of the molecule is Cc1ccc(OCC(=O)N(Cc2ccncc2)c2ccccc2)cc1. The van der Waals surface area contributed by atoms with Crippen molar-refractivity contribution in [3.8, 4) is 5.75 Å². The summed E-state index contributed by atoms with van der Waals surface area (Å²) >= 11 is 0. The highest BCUT2D eigenvalue weighted by Crippen LogP contribution is 2.18. The zero-order valence-electron chi connectivity index (χ0n) is 14.1. The van der Waals surface area contributed by atoms with E-state index in [0.717, 1.165) is 16.8 Å². The first-order valence-electron chi connectivity index (χ1n) is 8.16. The number of hydrogen-bond acceptors (Lipinski definition) is 3. The number of amides is 1. The second-order valence-corrected chi connectivity index (χ2v) is 5.77. The Bertz CT molecular complexity index is 802. The number of nitrogens with zero attached hydrogens (tertiary/aromatic N) is 2. The summed E-state index contributed by atoms with van der Waals surface area (Å²) in [5, 5.41) is 0. The minimum Gasteiger partial charge on any atom is -0.484 e. The van der Waals surface area contributed by atoms with E-state index in [2.05, 4.69) is 4.98 Å². The fourth-order valence-corrected chi connectivity index (χ4v) is 2.46. The highest BCUT2D eigenvalue weighted by atomic mass is 16.5. The number of para-hydroxylation sites is 1. The Hall–Kier alpha value is -3.14. The first kappa shape index (κ1) is 16.7. The highest BCUT2D eigenvalue weighted by Gasteiger charge is 2.17. The summed E-state index contributed by atoms with van der Waals surface area (Å²) < 4.78 is 5.66. The van der Waals surface area contributed by atoms with Crippen LogP contribution in [0.1, 0.15) is 11.1 Å². The second kappa shape index (κ2) is 8.11. The van der Waals surface area contributed by atoms with Gasteiger partial charge in [0.15, 0.2) is 6.61 Å². The first-order valence-corrected chi connectivity index (χ1v) is 8.16. The predicted octanol–water partition coefficient (Wildman–Crippen LogP) is 4.00. The molecule has 0 saturated carbocycles. The van der Waals surface area contributed by atoms with Crippen molar-refractivity contribution in [3.05, 3.63) is 90.3 Å². The molecule has 1 heterocycles. The molecular weight excluding hydrogens is 312 g/mol. The van der Waals surface area contributed by atoms with Crippen molar-refractivity contribution in [1.82, 2.24) is 4.98 Å². The Morgan fingerprint density at radius 1 is 0.960 bits per heavy atom. The van der Waals surface area contributed by atoms with Crippen LogP contribution >= 0.6 is 0 Å². The van der Waals surface area contributed by atoms with E-state index in [1.165, 1.54) is 0 Å². The van der Waals surface area contributed by atoms with Crippen LogP contribution in [-0.2, 0) is 11.3 Å². The predicted molar refractivity (Wildman–Crippen MR) is 98.5 cm³/mol. The Kier molecular flexibility index (Phi) is 5.42. The van der Waals surface area contributed by atoms with E-state index in [9.17, 15) is 4.79 Å². The Morgan fingerprint density at radius 2 is 1.64 bits per heavy atom. The monoisotopic (exact) mass is 332 g/mol. The van der Waals surface area contributed by atoms with E-state index >= 15 is 0 Å². The Labute approximate surface area is 147 Å². The molecule has 2 aromatic carbocycles. The number of aromatic nitrogens is 1. The summed E-state index contributed by atoms with van der Waals surface area (Å²) in [5.41, 5.74) is 3.02. The lowest BCUT2D eigenvalue weighted by atomic mass is 10.2. The number of carbonyl (C=O) groups is 1. The summed E-state index contributed by atoms with van der Waals surface area (Å²) in [4.78, 5) is 18.5. The molecule has 0 saturated heterocycles. The molecule has 0 fully saturated rings. The van der Waals surface area contributed by atoms with Crippen molar-refractivity contribution in [2.45, 2.75) is 13.5 Å². The van der Waals surface area contributed by atoms with Gasteiger partial charge in [0.25, 0.3) is 5.91 Å². The lowest BCUT2D eigenvalue weighted by molar-refractivity contribution is -0.120. The number of rotatable bonds is 6. The van der Waals surface area contributed by atoms with Crippen LogP contribution in [0.3, 0.4) is 0 Å². The normalized spacial score (nSPS) is 10.3. The van der Waals surface area contributed by atoms with E-state index < -0.39 is 0 Å². The van der Waals surface area contributed by atoms with Gasteiger partial charge in [0.05, 0.1) is 6.54 Å². The van der Waals surface area contributed by atoms with E-state index in [4.69, 9.17) is 4.74 Å². The minimum absolute atomic E-state index is 0.0109. The fourth-order valence-electron chi connectivity index (χ4n) is 2.46. The number of aryl methyl sites for hydroxylation is 1. The van der Waals surface area contributed by atoms with Crippen LogP contribution in [0.5, 0.6) is 5.75 Å². The zero-order chi connectivity index (χ0) is 17.5. The van der Waals surface area contributed by atoms with Gasteiger partial charge in [-0.1, -0.05) is 35.9 Å². The number of benzene rings is 2. The van der Waals surface area contributed by atoms with Crippen molar-refractivity contribution in [3.63, 3.8) is 0 Å². The van der Waals surface area contributed by atoms with E-state index in [1.54, 1.807) is 17.3 Å². The Morgan fingerprint density at radius 3 is 2.32 bits per heavy atom. The van der Waals surface area contributed by atoms with Gasteiger partial charge in [0.1, 0.15) is 5.75 Å². The van der Waals surface area contributed by atoms with Gasteiger partial charge in [-0.3, -0.25) is 9.78 Å². The zero-order valence-corrected chi connectivity index (χ0v) is 14.1. The largest absolute Gasteiger partial charge is 0.484 e. The standard InChI is InChI=1S/C21H20N2O2/c1-17-7-9-20(10-8-17)25-16-21(24)23(19-5-3-2-4-6-19)15-18-11-13-22-14-12-18/h2-14H,15-16H2,1H3. The molecule has 0 N–H and O–H groups in total. The summed E-state index contributed by atoms with van der Waals surface area (Å²) in [6, 6.07) is 21.1. The van der Waals surface area contributed by atoms with Crippen LogP contribution in [0.15, 0.2) is 79.1 Å². The number of carbonyl (C=O) groups excluding carboxylic acids is 1. The maximum absolute atomic E-state index is 12.8. The lowest BCUT2D eigenvalue weighted by Crippen LogP contribution is -2.34. The van der Waals surface area contributed by atoms with Gasteiger partial charge in [0, 0.05) is 18.1 Å². The van der Waals surface area contributed by atoms with Gasteiger partial charge >= 0.3 is 0 Å². The quantitative estimate of drug-likeness (QED) is 0.685. The topological polar surface area (TPSA) is 42.4 Å². The molecule has 0 unspecified atom stereocenters. The molecule has 0 atom stereocenters. The number of hydrogen-bond donors (Lipinski definition) is 0. The second-order valence-electron chi connectivity index (χ2n) is 5.77. The molecule has 3 rings (SSSR count). The van der Waals surface area contributed by atoms with Crippen LogP contribution < -0.4 is 9.64 Å². The molecule has 4 heteroatoms. The Balaban J connectivity index is 1.74. The third-order valence-electron chi connectivity index (χ3n) is 3.84. The van der Waals surface area contributed by atoms with Crippen LogP contribution in [0.25, 0.3) is 0 Å². The number of ether oxygens (including phenoxy) is 1. The van der Waals surface area contributed by atoms with Crippen molar-refractivity contribution in [2.75, 3.05) is 11.5 Å². The van der Waals surface area contributed by atoms with Crippen LogP contribution in [0.4, 0.5) is 5.69 Å². The van der Waals surface area contributed by atoms with Crippen LogP contribution in [0.2, 0.25) is 0 Å². The van der Waals surface area contributed by atoms with Crippen molar-refractivity contribution in [1.29, 1.82) is 0 Å². The molecule has 1 aromatic heterocycles. The number of anilines is 1. The first-order chi connectivity index (χ1) is 12.2. The van der Waals surface area contributed by atoms with Gasteiger partial charge in [0.2, 0.25) is 0 Å². The number of pyridine rings is 1. The molecule has 3 aromatic rings. The molecule has 0 aliphatic carbocycles. The van der Waals surface area contributed by atoms with Gasteiger partial charge in [-0.15, -0.1) is 0 Å². The highest BCUT2D eigenvalue weighted by molar-refractivity contribution is 5.94. The summed E-state index contributed by atoms with van der Waals surface area (Å²) in [6.07, 6.45) is 3.46. The van der Waals surface area contributed by atoms with E-state index in [0.29, 0.717) is 12.3 Å². The lowest BCUT2D eigenvalue weighted by Gasteiger charge is -2.23. The molecule has 0 aliphatic rings.